The van der Waals surface area contributed by atoms with Crippen molar-refractivity contribution >= 4 is 0 Å². The van der Waals surface area contributed by atoms with Crippen LogP contribution in [0, 0.1) is 0 Å². The third-order valence-corrected chi connectivity index (χ3v) is 4.25. The Kier molecular flexibility index (Phi) is 4.83. The highest BCUT2D eigenvalue weighted by molar-refractivity contribution is 5.32. The van der Waals surface area contributed by atoms with Gasteiger partial charge in [0.25, 0.3) is 0 Å². The summed E-state index contributed by atoms with van der Waals surface area (Å²) in [6.07, 6.45) is 4.93. The fourth-order valence-electron chi connectivity index (χ4n) is 2.85. The molecule has 3 nitrogen and oxygen atoms in total. The molecule has 3 heteroatoms. The number of benzene rings is 1. The van der Waals surface area contributed by atoms with E-state index in [4.69, 9.17) is 10.5 Å². The van der Waals surface area contributed by atoms with E-state index in [9.17, 15) is 0 Å². The molecule has 0 spiro atoms. The van der Waals surface area contributed by atoms with Gasteiger partial charge in [-0.3, -0.25) is 0 Å². The number of hydrogen-bond acceptors (Lipinski definition) is 3. The minimum absolute atomic E-state index is 0.246. The first-order valence-electron chi connectivity index (χ1n) is 7.34. The topological polar surface area (TPSA) is 38.5 Å². The molecule has 1 aliphatic heterocycles. The largest absolute Gasteiger partial charge is 0.497 e. The summed E-state index contributed by atoms with van der Waals surface area (Å²) in [4.78, 5) is 2.51. The molecular formula is C16H26N2O. The van der Waals surface area contributed by atoms with E-state index in [2.05, 4.69) is 24.0 Å². The van der Waals surface area contributed by atoms with E-state index in [1.807, 2.05) is 12.1 Å². The van der Waals surface area contributed by atoms with E-state index in [1.54, 1.807) is 7.11 Å². The van der Waals surface area contributed by atoms with E-state index in [1.165, 1.54) is 37.9 Å². The van der Waals surface area contributed by atoms with Gasteiger partial charge in [0.2, 0.25) is 0 Å². The molecule has 19 heavy (non-hydrogen) atoms. The van der Waals surface area contributed by atoms with Crippen LogP contribution in [0.4, 0.5) is 0 Å². The molecule has 1 unspecified atom stereocenters. The van der Waals surface area contributed by atoms with Crippen LogP contribution in [0.3, 0.4) is 0 Å². The molecule has 1 heterocycles. The van der Waals surface area contributed by atoms with Crippen molar-refractivity contribution in [3.05, 3.63) is 29.8 Å². The zero-order chi connectivity index (χ0) is 13.7. The molecule has 0 bridgehead atoms. The van der Waals surface area contributed by atoms with Gasteiger partial charge >= 0.3 is 0 Å². The predicted molar refractivity (Wildman–Crippen MR) is 79.4 cm³/mol. The van der Waals surface area contributed by atoms with Crippen molar-refractivity contribution in [2.45, 2.75) is 38.1 Å². The van der Waals surface area contributed by atoms with Crippen molar-refractivity contribution in [3.63, 3.8) is 0 Å². The maximum absolute atomic E-state index is 6.66. The second-order valence-corrected chi connectivity index (χ2v) is 5.58. The average molecular weight is 262 g/mol. The predicted octanol–water partition coefficient (Wildman–Crippen LogP) is 2.75. The van der Waals surface area contributed by atoms with Crippen molar-refractivity contribution < 1.29 is 4.74 Å². The maximum Gasteiger partial charge on any atom is 0.118 e. The number of likely N-dealkylation sites (tertiary alicyclic amines) is 1. The van der Waals surface area contributed by atoms with Crippen LogP contribution in [0.2, 0.25) is 0 Å². The number of ether oxygens (including phenoxy) is 1. The highest BCUT2D eigenvalue weighted by Crippen LogP contribution is 2.26. The number of hydrogen-bond donors (Lipinski definition) is 1. The van der Waals surface area contributed by atoms with Gasteiger partial charge in [-0.2, -0.15) is 0 Å². The molecule has 106 valence electrons. The Morgan fingerprint density at radius 3 is 2.32 bits per heavy atom. The summed E-state index contributed by atoms with van der Waals surface area (Å²) < 4.78 is 5.21. The number of nitrogens with two attached hydrogens (primary N) is 1. The number of rotatable bonds is 5. The maximum atomic E-state index is 6.66. The minimum atomic E-state index is -0.246. The zero-order valence-electron chi connectivity index (χ0n) is 12.2. The number of methoxy groups -OCH3 is 1. The van der Waals surface area contributed by atoms with Crippen LogP contribution < -0.4 is 10.5 Å². The van der Waals surface area contributed by atoms with Crippen molar-refractivity contribution in [2.24, 2.45) is 5.73 Å². The van der Waals surface area contributed by atoms with Gasteiger partial charge in [-0.25, -0.2) is 0 Å². The van der Waals surface area contributed by atoms with Gasteiger partial charge in [-0.05, 0) is 50.0 Å². The van der Waals surface area contributed by atoms with E-state index in [-0.39, 0.29) is 5.54 Å². The molecular weight excluding hydrogens is 236 g/mol. The Bertz CT molecular complexity index is 384. The van der Waals surface area contributed by atoms with Crippen LogP contribution in [0.5, 0.6) is 5.75 Å². The van der Waals surface area contributed by atoms with E-state index in [0.29, 0.717) is 0 Å². The Morgan fingerprint density at radius 1 is 1.16 bits per heavy atom. The number of nitrogens with zero attached hydrogens (tertiary/aromatic N) is 1. The van der Waals surface area contributed by atoms with Crippen molar-refractivity contribution in [1.82, 2.24) is 4.90 Å². The second kappa shape index (κ2) is 6.40. The highest BCUT2D eigenvalue weighted by Gasteiger charge is 2.28. The first-order chi connectivity index (χ1) is 9.18. The molecule has 2 N–H and O–H groups in total. The molecule has 2 rings (SSSR count). The molecule has 1 aromatic carbocycles. The lowest BCUT2D eigenvalue weighted by molar-refractivity contribution is 0.174. The van der Waals surface area contributed by atoms with Gasteiger partial charge in [-0.15, -0.1) is 0 Å². The second-order valence-electron chi connectivity index (χ2n) is 5.58. The van der Waals surface area contributed by atoms with Crippen molar-refractivity contribution in [1.29, 1.82) is 0 Å². The van der Waals surface area contributed by atoms with Gasteiger partial charge in [-0.1, -0.05) is 25.5 Å². The van der Waals surface area contributed by atoms with Crippen LogP contribution in [-0.2, 0) is 5.54 Å². The average Bonchev–Trinajstić information content (AvgIpc) is 2.48. The third-order valence-electron chi connectivity index (χ3n) is 4.25. The molecule has 1 saturated heterocycles. The quantitative estimate of drug-likeness (QED) is 0.886. The van der Waals surface area contributed by atoms with E-state index in [0.717, 1.165) is 18.7 Å². The molecule has 0 amide bonds. The summed E-state index contributed by atoms with van der Waals surface area (Å²) in [5.74, 6) is 0.889. The Balaban J connectivity index is 2.10. The zero-order valence-corrected chi connectivity index (χ0v) is 12.2. The van der Waals surface area contributed by atoms with Crippen LogP contribution in [-0.4, -0.2) is 31.6 Å². The highest BCUT2D eigenvalue weighted by atomic mass is 16.5. The van der Waals surface area contributed by atoms with Crippen LogP contribution >= 0.6 is 0 Å². The summed E-state index contributed by atoms with van der Waals surface area (Å²) in [5.41, 5.74) is 7.62. The molecule has 1 aliphatic rings. The fraction of sp³-hybridized carbons (Fsp3) is 0.625. The molecule has 1 atom stereocenters. The monoisotopic (exact) mass is 262 g/mol. The van der Waals surface area contributed by atoms with Crippen molar-refractivity contribution in [2.75, 3.05) is 26.7 Å². The van der Waals surface area contributed by atoms with E-state index >= 15 is 0 Å². The van der Waals surface area contributed by atoms with Crippen LogP contribution in [0.1, 0.15) is 38.2 Å². The summed E-state index contributed by atoms with van der Waals surface area (Å²) in [5, 5.41) is 0. The van der Waals surface area contributed by atoms with Gasteiger partial charge in [0.05, 0.1) is 12.6 Å². The molecule has 0 aromatic heterocycles. The summed E-state index contributed by atoms with van der Waals surface area (Å²) in [6, 6.07) is 8.21. The SMILES string of the molecule is CCC(N)(CN1CCCCC1)c1ccc(OC)cc1. The first-order valence-corrected chi connectivity index (χ1v) is 7.34. The van der Waals surface area contributed by atoms with Crippen LogP contribution in [0.15, 0.2) is 24.3 Å². The first kappa shape index (κ1) is 14.4. The Morgan fingerprint density at radius 2 is 1.79 bits per heavy atom. The van der Waals surface area contributed by atoms with Crippen molar-refractivity contribution in [3.8, 4) is 5.75 Å². The standard InChI is InChI=1S/C16H26N2O/c1-3-16(17,13-18-11-5-4-6-12-18)14-7-9-15(19-2)10-8-14/h7-10H,3-6,11-13,17H2,1-2H3. The summed E-state index contributed by atoms with van der Waals surface area (Å²) in [7, 11) is 1.69. The summed E-state index contributed by atoms with van der Waals surface area (Å²) in [6.45, 7) is 5.51. The minimum Gasteiger partial charge on any atom is -0.497 e. The van der Waals surface area contributed by atoms with Gasteiger partial charge in [0, 0.05) is 6.54 Å². The van der Waals surface area contributed by atoms with Gasteiger partial charge in [0.1, 0.15) is 5.75 Å². The molecule has 0 aliphatic carbocycles. The molecule has 1 aromatic rings. The normalized spacial score (nSPS) is 19.9. The number of piperidine rings is 1. The summed E-state index contributed by atoms with van der Waals surface area (Å²) >= 11 is 0. The molecule has 0 saturated carbocycles. The van der Waals surface area contributed by atoms with Crippen LogP contribution in [0.25, 0.3) is 0 Å². The Hall–Kier alpha value is -1.06. The van der Waals surface area contributed by atoms with Gasteiger partial charge < -0.3 is 15.4 Å². The van der Waals surface area contributed by atoms with E-state index < -0.39 is 0 Å². The lowest BCUT2D eigenvalue weighted by Gasteiger charge is -2.37. The van der Waals surface area contributed by atoms with Gasteiger partial charge in [0.15, 0.2) is 0 Å². The third kappa shape index (κ3) is 3.48. The molecule has 1 fully saturated rings. The lowest BCUT2D eigenvalue weighted by atomic mass is 9.87. The fourth-order valence-corrected chi connectivity index (χ4v) is 2.85. The smallest absolute Gasteiger partial charge is 0.118 e. The molecule has 0 radical (unpaired) electrons. The Labute approximate surface area is 116 Å². The lowest BCUT2D eigenvalue weighted by Crippen LogP contribution is -2.48.